The van der Waals surface area contributed by atoms with Crippen LogP contribution in [0.4, 0.5) is 5.69 Å². The second-order valence-electron chi connectivity index (χ2n) is 4.67. The van der Waals surface area contributed by atoms with Gasteiger partial charge in [0.25, 0.3) is 5.91 Å². The summed E-state index contributed by atoms with van der Waals surface area (Å²) in [4.78, 5) is 16.7. The van der Waals surface area contributed by atoms with Gasteiger partial charge in [-0.25, -0.2) is 4.98 Å². The third kappa shape index (κ3) is 3.17. The number of nitrogens with zero attached hydrogens (tertiary/aromatic N) is 4. The number of pyridine rings is 1. The molecule has 0 atom stereocenters. The average Bonchev–Trinajstić information content (AvgIpc) is 3.11. The highest BCUT2D eigenvalue weighted by Gasteiger charge is 2.19. The fourth-order valence-corrected chi connectivity index (χ4v) is 2.54. The molecule has 0 fully saturated rings. The van der Waals surface area contributed by atoms with E-state index < -0.39 is 5.91 Å². The summed E-state index contributed by atoms with van der Waals surface area (Å²) in [5.41, 5.74) is 0.657. The molecule has 0 saturated heterocycles. The van der Waals surface area contributed by atoms with Gasteiger partial charge in [0.2, 0.25) is 0 Å². The van der Waals surface area contributed by atoms with Crippen molar-refractivity contribution in [3.05, 3.63) is 58.7 Å². The van der Waals surface area contributed by atoms with Gasteiger partial charge in [0, 0.05) is 0 Å². The lowest BCUT2D eigenvalue weighted by Gasteiger charge is -2.12. The number of carbonyl (C=O) groups is 1. The van der Waals surface area contributed by atoms with E-state index in [0.29, 0.717) is 16.5 Å². The zero-order chi connectivity index (χ0) is 17.1. The first kappa shape index (κ1) is 16.2. The van der Waals surface area contributed by atoms with E-state index in [-0.39, 0.29) is 16.3 Å². The Hall–Kier alpha value is -2.64. The minimum atomic E-state index is -0.446. The zero-order valence-electron chi connectivity index (χ0n) is 12.4. The number of nitrogens with one attached hydrogen (secondary N) is 1. The van der Waals surface area contributed by atoms with Crippen molar-refractivity contribution in [3.8, 4) is 11.6 Å². The molecule has 0 saturated carbocycles. The van der Waals surface area contributed by atoms with Crippen LogP contribution in [0, 0.1) is 0 Å². The Morgan fingerprint density at radius 2 is 1.83 bits per heavy atom. The van der Waals surface area contributed by atoms with E-state index in [1.54, 1.807) is 22.8 Å². The van der Waals surface area contributed by atoms with Gasteiger partial charge in [-0.05, 0) is 24.3 Å². The quantitative estimate of drug-likeness (QED) is 0.769. The van der Waals surface area contributed by atoms with Crippen molar-refractivity contribution >= 4 is 34.8 Å². The number of anilines is 1. The van der Waals surface area contributed by atoms with Crippen molar-refractivity contribution < 1.29 is 9.53 Å². The SMILES string of the molecule is COc1c(Cl)ccc(Cl)c1C(=O)Nc1ccc(-n2cnnc2)nc1. The smallest absolute Gasteiger partial charge is 0.261 e. The van der Waals surface area contributed by atoms with Crippen molar-refractivity contribution in [1.29, 1.82) is 0 Å². The van der Waals surface area contributed by atoms with E-state index >= 15 is 0 Å². The molecule has 0 bridgehead atoms. The van der Waals surface area contributed by atoms with Gasteiger partial charge in [-0.3, -0.25) is 9.36 Å². The Morgan fingerprint density at radius 3 is 2.46 bits per heavy atom. The second-order valence-corrected chi connectivity index (χ2v) is 5.48. The van der Waals surface area contributed by atoms with Crippen LogP contribution in [0.5, 0.6) is 5.75 Å². The van der Waals surface area contributed by atoms with Crippen LogP contribution in [0.25, 0.3) is 5.82 Å². The van der Waals surface area contributed by atoms with Crippen LogP contribution >= 0.6 is 23.2 Å². The Kier molecular flexibility index (Phi) is 4.64. The van der Waals surface area contributed by atoms with E-state index in [2.05, 4.69) is 20.5 Å². The van der Waals surface area contributed by atoms with Crippen LogP contribution in [-0.4, -0.2) is 32.8 Å². The van der Waals surface area contributed by atoms with Crippen molar-refractivity contribution in [1.82, 2.24) is 19.7 Å². The standard InChI is InChI=1S/C15H11Cl2N5O2/c1-24-14-11(17)4-3-10(16)13(14)15(23)21-9-2-5-12(18-6-9)22-7-19-20-8-22/h2-8H,1H3,(H,21,23). The summed E-state index contributed by atoms with van der Waals surface area (Å²) in [6.07, 6.45) is 4.56. The molecule has 1 aromatic carbocycles. The first-order chi connectivity index (χ1) is 11.6. The fourth-order valence-electron chi connectivity index (χ4n) is 2.07. The molecule has 0 aliphatic rings. The van der Waals surface area contributed by atoms with E-state index in [9.17, 15) is 4.79 Å². The van der Waals surface area contributed by atoms with Crippen LogP contribution in [0.15, 0.2) is 43.1 Å². The molecule has 0 spiro atoms. The van der Waals surface area contributed by atoms with Gasteiger partial charge in [-0.2, -0.15) is 0 Å². The molecule has 3 aromatic rings. The largest absolute Gasteiger partial charge is 0.494 e. The van der Waals surface area contributed by atoms with Crippen molar-refractivity contribution in [2.24, 2.45) is 0 Å². The molecule has 2 aromatic heterocycles. The van der Waals surface area contributed by atoms with Gasteiger partial charge >= 0.3 is 0 Å². The van der Waals surface area contributed by atoms with Crippen molar-refractivity contribution in [2.45, 2.75) is 0 Å². The molecule has 3 rings (SSSR count). The summed E-state index contributed by atoms with van der Waals surface area (Å²) in [5, 5.41) is 10.7. The second kappa shape index (κ2) is 6.86. The predicted molar refractivity (Wildman–Crippen MR) is 90.1 cm³/mol. The Bertz CT molecular complexity index is 866. The van der Waals surface area contributed by atoms with Gasteiger partial charge in [-0.15, -0.1) is 10.2 Å². The number of benzene rings is 1. The first-order valence-corrected chi connectivity index (χ1v) is 7.50. The lowest BCUT2D eigenvalue weighted by Crippen LogP contribution is -2.14. The number of methoxy groups -OCH3 is 1. The predicted octanol–water partition coefficient (Wildman–Crippen LogP) is 3.23. The van der Waals surface area contributed by atoms with Gasteiger partial charge in [0.15, 0.2) is 5.75 Å². The number of carbonyl (C=O) groups excluding carboxylic acids is 1. The summed E-state index contributed by atoms with van der Waals surface area (Å²) in [5.74, 6) is 0.394. The number of halogens is 2. The topological polar surface area (TPSA) is 81.9 Å². The third-order valence-corrected chi connectivity index (χ3v) is 3.79. The highest BCUT2D eigenvalue weighted by atomic mass is 35.5. The van der Waals surface area contributed by atoms with E-state index in [1.807, 2.05) is 0 Å². The van der Waals surface area contributed by atoms with Crippen molar-refractivity contribution in [3.63, 3.8) is 0 Å². The number of aromatic nitrogens is 4. The normalized spacial score (nSPS) is 10.5. The molecule has 122 valence electrons. The maximum absolute atomic E-state index is 12.5. The molecule has 2 heterocycles. The number of amides is 1. The minimum absolute atomic E-state index is 0.162. The summed E-state index contributed by atoms with van der Waals surface area (Å²) in [7, 11) is 1.42. The Morgan fingerprint density at radius 1 is 1.12 bits per heavy atom. The highest BCUT2D eigenvalue weighted by molar-refractivity contribution is 6.37. The summed E-state index contributed by atoms with van der Waals surface area (Å²) < 4.78 is 6.82. The molecule has 1 N–H and O–H groups in total. The summed E-state index contributed by atoms with van der Waals surface area (Å²) in [6, 6.07) is 6.52. The molecule has 24 heavy (non-hydrogen) atoms. The van der Waals surface area contributed by atoms with E-state index in [1.165, 1.54) is 32.0 Å². The first-order valence-electron chi connectivity index (χ1n) is 6.74. The molecule has 0 radical (unpaired) electrons. The molecule has 7 nitrogen and oxygen atoms in total. The monoisotopic (exact) mass is 363 g/mol. The minimum Gasteiger partial charge on any atom is -0.494 e. The molecule has 0 unspecified atom stereocenters. The Balaban J connectivity index is 1.84. The summed E-state index contributed by atoms with van der Waals surface area (Å²) >= 11 is 12.1. The highest BCUT2D eigenvalue weighted by Crippen LogP contribution is 2.34. The van der Waals surface area contributed by atoms with Gasteiger partial charge in [0.05, 0.1) is 29.0 Å². The van der Waals surface area contributed by atoms with E-state index in [0.717, 1.165) is 0 Å². The van der Waals surface area contributed by atoms with Crippen LogP contribution in [0.2, 0.25) is 10.0 Å². The fraction of sp³-hybridized carbons (Fsp3) is 0.0667. The zero-order valence-corrected chi connectivity index (χ0v) is 13.9. The van der Waals surface area contributed by atoms with Gasteiger partial charge in [0.1, 0.15) is 24.0 Å². The van der Waals surface area contributed by atoms with Crippen LogP contribution in [-0.2, 0) is 0 Å². The number of rotatable bonds is 4. The Labute approximate surface area is 147 Å². The van der Waals surface area contributed by atoms with Gasteiger partial charge < -0.3 is 10.1 Å². The number of hydrogen-bond donors (Lipinski definition) is 1. The number of ether oxygens (including phenoxy) is 1. The maximum Gasteiger partial charge on any atom is 0.261 e. The lowest BCUT2D eigenvalue weighted by atomic mass is 10.1. The van der Waals surface area contributed by atoms with Crippen LogP contribution < -0.4 is 10.1 Å². The van der Waals surface area contributed by atoms with Gasteiger partial charge in [-0.1, -0.05) is 23.2 Å². The van der Waals surface area contributed by atoms with E-state index in [4.69, 9.17) is 27.9 Å². The summed E-state index contributed by atoms with van der Waals surface area (Å²) in [6.45, 7) is 0. The lowest BCUT2D eigenvalue weighted by molar-refractivity contribution is 0.102. The molecule has 9 heteroatoms. The molecule has 0 aliphatic heterocycles. The average molecular weight is 364 g/mol. The van der Waals surface area contributed by atoms with Crippen LogP contribution in [0.1, 0.15) is 10.4 Å². The molecule has 0 aliphatic carbocycles. The molecular weight excluding hydrogens is 353 g/mol. The number of hydrogen-bond acceptors (Lipinski definition) is 5. The van der Waals surface area contributed by atoms with Crippen LogP contribution in [0.3, 0.4) is 0 Å². The molecular formula is C15H11Cl2N5O2. The maximum atomic E-state index is 12.5. The molecule has 1 amide bonds. The van der Waals surface area contributed by atoms with Crippen molar-refractivity contribution in [2.75, 3.05) is 12.4 Å². The third-order valence-electron chi connectivity index (χ3n) is 3.18.